The Bertz CT molecular complexity index is 1300. The van der Waals surface area contributed by atoms with Gasteiger partial charge >= 0.3 is 0 Å². The molecule has 7 heteroatoms. The molecule has 5 rings (SSSR count). The molecule has 0 spiro atoms. The molecule has 0 saturated carbocycles. The summed E-state index contributed by atoms with van der Waals surface area (Å²) in [6.07, 6.45) is 3.74. The lowest BCUT2D eigenvalue weighted by atomic mass is 10.2. The van der Waals surface area contributed by atoms with Crippen LogP contribution in [0.1, 0.15) is 21.9 Å². The number of para-hydroxylation sites is 1. The smallest absolute Gasteiger partial charge is 0.291 e. The van der Waals surface area contributed by atoms with E-state index in [-0.39, 0.29) is 11.7 Å². The minimum absolute atomic E-state index is 0.252. The molecule has 0 radical (unpaired) electrons. The quantitative estimate of drug-likeness (QED) is 0.420. The first-order chi connectivity index (χ1) is 14.7. The van der Waals surface area contributed by atoms with Gasteiger partial charge in [0, 0.05) is 24.6 Å². The lowest BCUT2D eigenvalue weighted by Crippen LogP contribution is -2.10. The molecule has 0 unspecified atom stereocenters. The van der Waals surface area contributed by atoms with Crippen LogP contribution in [-0.2, 0) is 6.54 Å². The number of hydrogen-bond acceptors (Lipinski definition) is 5. The average molecular weight is 414 g/mol. The number of imidazole rings is 1. The summed E-state index contributed by atoms with van der Waals surface area (Å²) >= 11 is 1.54. The van der Waals surface area contributed by atoms with Crippen LogP contribution in [0.4, 0.5) is 5.69 Å². The molecule has 1 N–H and O–H groups in total. The highest BCUT2D eigenvalue weighted by atomic mass is 32.1. The summed E-state index contributed by atoms with van der Waals surface area (Å²) in [5.74, 6) is 1.52. The summed E-state index contributed by atoms with van der Waals surface area (Å²) in [6.45, 7) is 2.71. The number of furan rings is 1. The first-order valence-corrected chi connectivity index (χ1v) is 10.3. The highest BCUT2D eigenvalue weighted by Gasteiger charge is 2.15. The zero-order valence-electron chi connectivity index (χ0n) is 16.2. The Hall–Kier alpha value is -3.71. The minimum atomic E-state index is -0.291. The highest BCUT2D eigenvalue weighted by Crippen LogP contribution is 2.31. The van der Waals surface area contributed by atoms with E-state index in [1.54, 1.807) is 29.7 Å². The largest absolute Gasteiger partial charge is 0.448 e. The number of carbonyl (C=O) groups is 1. The number of amides is 1. The molecule has 2 aromatic carbocycles. The molecule has 0 saturated heterocycles. The Morgan fingerprint density at radius 1 is 1.10 bits per heavy atom. The van der Waals surface area contributed by atoms with Crippen LogP contribution in [0, 0.1) is 6.92 Å². The number of nitrogens with one attached hydrogen (secondary N) is 1. The number of aromatic nitrogens is 3. The van der Waals surface area contributed by atoms with Gasteiger partial charge in [-0.1, -0.05) is 24.3 Å². The van der Waals surface area contributed by atoms with Crippen molar-refractivity contribution >= 4 is 33.1 Å². The Kier molecular flexibility index (Phi) is 4.65. The predicted octanol–water partition coefficient (Wildman–Crippen LogP) is 5.36. The number of rotatable bonds is 5. The topological polar surface area (TPSA) is 73.0 Å². The Morgan fingerprint density at radius 2 is 1.93 bits per heavy atom. The first kappa shape index (κ1) is 18.3. The normalized spacial score (nSPS) is 11.1. The predicted molar refractivity (Wildman–Crippen MR) is 118 cm³/mol. The third kappa shape index (κ3) is 3.62. The molecule has 0 bridgehead atoms. The third-order valence-electron chi connectivity index (χ3n) is 4.82. The van der Waals surface area contributed by atoms with Gasteiger partial charge in [0.1, 0.15) is 5.82 Å². The van der Waals surface area contributed by atoms with Gasteiger partial charge < -0.3 is 14.3 Å². The fourth-order valence-electron chi connectivity index (χ4n) is 3.21. The highest BCUT2D eigenvalue weighted by molar-refractivity contribution is 7.21. The molecular weight excluding hydrogens is 396 g/mol. The van der Waals surface area contributed by atoms with Crippen LogP contribution in [0.3, 0.4) is 0 Å². The lowest BCUT2D eigenvalue weighted by Gasteiger charge is -2.07. The van der Waals surface area contributed by atoms with E-state index < -0.39 is 0 Å². The summed E-state index contributed by atoms with van der Waals surface area (Å²) in [4.78, 5) is 21.4. The van der Waals surface area contributed by atoms with Crippen molar-refractivity contribution in [2.75, 3.05) is 5.32 Å². The van der Waals surface area contributed by atoms with Crippen molar-refractivity contribution in [2.24, 2.45) is 0 Å². The van der Waals surface area contributed by atoms with E-state index in [1.165, 1.54) is 0 Å². The molecule has 148 valence electrons. The van der Waals surface area contributed by atoms with Crippen LogP contribution in [0.25, 0.3) is 21.0 Å². The molecule has 0 fully saturated rings. The van der Waals surface area contributed by atoms with Crippen LogP contribution in [0.15, 0.2) is 77.5 Å². The van der Waals surface area contributed by atoms with Crippen LogP contribution < -0.4 is 5.32 Å². The van der Waals surface area contributed by atoms with E-state index in [0.29, 0.717) is 11.4 Å². The maximum absolute atomic E-state index is 12.6. The van der Waals surface area contributed by atoms with Gasteiger partial charge in [0.25, 0.3) is 5.91 Å². The van der Waals surface area contributed by atoms with Gasteiger partial charge in [0.05, 0.1) is 10.2 Å². The van der Waals surface area contributed by atoms with E-state index in [2.05, 4.69) is 19.9 Å². The molecule has 0 aliphatic carbocycles. The zero-order chi connectivity index (χ0) is 20.5. The van der Waals surface area contributed by atoms with Crippen molar-refractivity contribution in [3.63, 3.8) is 0 Å². The van der Waals surface area contributed by atoms with E-state index in [4.69, 9.17) is 4.42 Å². The third-order valence-corrected chi connectivity index (χ3v) is 5.87. The fraction of sp³-hybridized carbons (Fsp3) is 0.0870. The standard InChI is InChI=1S/C23H18N4O2S/c1-15-24-12-13-27(15)14-16-6-8-17(9-7-16)25-22(28)19-10-11-20(29-19)23-26-18-4-2-3-5-21(18)30-23/h2-13H,14H2,1H3,(H,25,28). The van der Waals surface area contributed by atoms with Crippen molar-refractivity contribution in [3.05, 3.63) is 90.2 Å². The molecule has 30 heavy (non-hydrogen) atoms. The number of carbonyl (C=O) groups excluding carboxylic acids is 1. The molecule has 5 aromatic rings. The number of hydrogen-bond donors (Lipinski definition) is 1. The molecule has 6 nitrogen and oxygen atoms in total. The minimum Gasteiger partial charge on any atom is -0.448 e. The molecule has 0 atom stereocenters. The summed E-state index contributed by atoms with van der Waals surface area (Å²) in [6, 6.07) is 19.1. The van der Waals surface area contributed by atoms with Gasteiger partial charge in [-0.25, -0.2) is 9.97 Å². The second kappa shape index (κ2) is 7.61. The maximum Gasteiger partial charge on any atom is 0.291 e. The van der Waals surface area contributed by atoms with Crippen molar-refractivity contribution in [1.82, 2.24) is 14.5 Å². The van der Waals surface area contributed by atoms with Gasteiger partial charge in [0.2, 0.25) is 0 Å². The van der Waals surface area contributed by atoms with Crippen LogP contribution >= 0.6 is 11.3 Å². The number of benzene rings is 2. The van der Waals surface area contributed by atoms with E-state index in [1.807, 2.05) is 61.7 Å². The monoisotopic (exact) mass is 414 g/mol. The fourth-order valence-corrected chi connectivity index (χ4v) is 4.13. The maximum atomic E-state index is 12.6. The van der Waals surface area contributed by atoms with Gasteiger partial charge in [-0.05, 0) is 48.9 Å². The Morgan fingerprint density at radius 3 is 2.70 bits per heavy atom. The molecule has 0 aliphatic heterocycles. The zero-order valence-corrected chi connectivity index (χ0v) is 17.0. The van der Waals surface area contributed by atoms with E-state index in [0.717, 1.165) is 33.2 Å². The number of anilines is 1. The summed E-state index contributed by atoms with van der Waals surface area (Å²) in [5.41, 5.74) is 2.76. The second-order valence-electron chi connectivity index (χ2n) is 6.90. The van der Waals surface area contributed by atoms with Gasteiger partial charge in [-0.2, -0.15) is 0 Å². The van der Waals surface area contributed by atoms with E-state index in [9.17, 15) is 4.79 Å². The van der Waals surface area contributed by atoms with E-state index >= 15 is 0 Å². The number of aryl methyl sites for hydroxylation is 1. The summed E-state index contributed by atoms with van der Waals surface area (Å²) in [7, 11) is 0. The van der Waals surface area contributed by atoms with Gasteiger partial charge in [-0.15, -0.1) is 11.3 Å². The Labute approximate surface area is 176 Å². The van der Waals surface area contributed by atoms with Gasteiger partial charge in [-0.3, -0.25) is 4.79 Å². The van der Waals surface area contributed by atoms with Crippen molar-refractivity contribution < 1.29 is 9.21 Å². The molecule has 0 aliphatic rings. The van der Waals surface area contributed by atoms with Crippen molar-refractivity contribution in [3.8, 4) is 10.8 Å². The van der Waals surface area contributed by atoms with Crippen LogP contribution in [0.5, 0.6) is 0 Å². The van der Waals surface area contributed by atoms with Gasteiger partial charge in [0.15, 0.2) is 16.5 Å². The Balaban J connectivity index is 1.28. The number of fused-ring (bicyclic) bond motifs is 1. The van der Waals surface area contributed by atoms with Crippen molar-refractivity contribution in [2.45, 2.75) is 13.5 Å². The van der Waals surface area contributed by atoms with Crippen LogP contribution in [0.2, 0.25) is 0 Å². The van der Waals surface area contributed by atoms with Crippen molar-refractivity contribution in [1.29, 1.82) is 0 Å². The molecule has 3 heterocycles. The number of nitrogens with zero attached hydrogens (tertiary/aromatic N) is 3. The SMILES string of the molecule is Cc1nccn1Cc1ccc(NC(=O)c2ccc(-c3nc4ccccc4s3)o2)cc1. The number of thiazole rings is 1. The summed E-state index contributed by atoms with van der Waals surface area (Å²) in [5, 5.41) is 3.64. The molecular formula is C23H18N4O2S. The second-order valence-corrected chi connectivity index (χ2v) is 7.93. The molecule has 1 amide bonds. The lowest BCUT2D eigenvalue weighted by molar-refractivity contribution is 0.0997. The first-order valence-electron chi connectivity index (χ1n) is 9.49. The van der Waals surface area contributed by atoms with Crippen LogP contribution in [-0.4, -0.2) is 20.4 Å². The average Bonchev–Trinajstić information content (AvgIpc) is 3.49. The molecule has 3 aromatic heterocycles. The summed E-state index contributed by atoms with van der Waals surface area (Å²) < 4.78 is 8.92.